The van der Waals surface area contributed by atoms with E-state index in [4.69, 9.17) is 10.5 Å². The quantitative estimate of drug-likeness (QED) is 0.890. The molecule has 0 aliphatic carbocycles. The molecule has 18 heavy (non-hydrogen) atoms. The van der Waals surface area contributed by atoms with Crippen LogP contribution in [0.4, 0.5) is 0 Å². The Labute approximate surface area is 107 Å². The van der Waals surface area contributed by atoms with Crippen LogP contribution in [0.3, 0.4) is 0 Å². The largest absolute Gasteiger partial charge is 0.379 e. The van der Waals surface area contributed by atoms with Crippen LogP contribution in [0.1, 0.15) is 12.5 Å². The van der Waals surface area contributed by atoms with Crippen molar-refractivity contribution in [2.45, 2.75) is 12.3 Å². The molecule has 2 heterocycles. The lowest BCUT2D eigenvalue weighted by Crippen LogP contribution is -2.53. The van der Waals surface area contributed by atoms with E-state index >= 15 is 0 Å². The molecule has 0 spiro atoms. The number of ether oxygens (including phenoxy) is 1. The summed E-state index contributed by atoms with van der Waals surface area (Å²) in [6, 6.07) is 6.52. The average Bonchev–Trinajstić information content (AvgIpc) is 2.69. The second-order valence-corrected chi connectivity index (χ2v) is 5.34. The van der Waals surface area contributed by atoms with Crippen LogP contribution in [0.5, 0.6) is 0 Å². The van der Waals surface area contributed by atoms with E-state index in [0.29, 0.717) is 12.5 Å². The van der Waals surface area contributed by atoms with Gasteiger partial charge in [0.1, 0.15) is 0 Å². The van der Waals surface area contributed by atoms with Gasteiger partial charge in [-0.1, -0.05) is 13.0 Å². The maximum absolute atomic E-state index is 5.85. The van der Waals surface area contributed by atoms with Gasteiger partial charge in [0.2, 0.25) is 0 Å². The Kier molecular flexibility index (Phi) is 2.64. The summed E-state index contributed by atoms with van der Waals surface area (Å²) in [7, 11) is 2.01. The van der Waals surface area contributed by atoms with Crippen molar-refractivity contribution in [1.82, 2.24) is 9.55 Å². The molecule has 1 saturated heterocycles. The van der Waals surface area contributed by atoms with E-state index < -0.39 is 0 Å². The number of benzene rings is 1. The molecule has 1 aliphatic rings. The maximum atomic E-state index is 5.85. The first-order valence-electron chi connectivity index (χ1n) is 6.37. The first-order chi connectivity index (χ1) is 8.67. The Hall–Kier alpha value is -1.39. The standard InChI is InChI=1S/C14H19N3O/c1-10(6-15)14(7-18-8-14)11-3-4-13-12(5-11)16-9-17(13)2/h3-5,9-10H,6-8,15H2,1-2H3. The molecule has 0 bridgehead atoms. The highest BCUT2D eigenvalue weighted by Gasteiger charge is 2.44. The lowest BCUT2D eigenvalue weighted by atomic mass is 9.69. The molecule has 1 fully saturated rings. The smallest absolute Gasteiger partial charge is 0.0955 e. The van der Waals surface area contributed by atoms with Crippen LogP contribution in [0.2, 0.25) is 0 Å². The fourth-order valence-electron chi connectivity index (χ4n) is 2.73. The predicted molar refractivity (Wildman–Crippen MR) is 71.4 cm³/mol. The van der Waals surface area contributed by atoms with Crippen molar-refractivity contribution < 1.29 is 4.74 Å². The molecule has 1 atom stereocenters. The van der Waals surface area contributed by atoms with Crippen LogP contribution in [0.15, 0.2) is 24.5 Å². The van der Waals surface area contributed by atoms with Gasteiger partial charge < -0.3 is 15.0 Å². The van der Waals surface area contributed by atoms with E-state index in [-0.39, 0.29) is 5.41 Å². The molecule has 1 unspecified atom stereocenters. The fraction of sp³-hybridized carbons (Fsp3) is 0.500. The van der Waals surface area contributed by atoms with Crippen LogP contribution in [-0.2, 0) is 17.2 Å². The zero-order chi connectivity index (χ0) is 12.8. The van der Waals surface area contributed by atoms with Crippen LogP contribution in [0.25, 0.3) is 11.0 Å². The minimum atomic E-state index is 0.0838. The molecule has 4 nitrogen and oxygen atoms in total. The lowest BCUT2D eigenvalue weighted by molar-refractivity contribution is -0.0853. The third-order valence-electron chi connectivity index (χ3n) is 4.32. The number of nitrogens with two attached hydrogens (primary N) is 1. The minimum absolute atomic E-state index is 0.0838. The SMILES string of the molecule is CC(CN)C1(c2ccc3c(c2)ncn3C)COC1. The zero-order valence-electron chi connectivity index (χ0n) is 10.9. The highest BCUT2D eigenvalue weighted by atomic mass is 16.5. The molecule has 1 aromatic carbocycles. The van der Waals surface area contributed by atoms with Gasteiger partial charge in [-0.2, -0.15) is 0 Å². The normalized spacial score (nSPS) is 19.7. The van der Waals surface area contributed by atoms with E-state index in [1.807, 2.05) is 17.9 Å². The van der Waals surface area contributed by atoms with Crippen molar-refractivity contribution in [2.24, 2.45) is 18.7 Å². The van der Waals surface area contributed by atoms with Gasteiger partial charge in [-0.05, 0) is 30.2 Å². The summed E-state index contributed by atoms with van der Waals surface area (Å²) in [5.41, 5.74) is 9.44. The Bertz CT molecular complexity index is 571. The summed E-state index contributed by atoms with van der Waals surface area (Å²) in [6.45, 7) is 4.42. The molecule has 4 heteroatoms. The van der Waals surface area contributed by atoms with Crippen molar-refractivity contribution >= 4 is 11.0 Å². The molecule has 0 amide bonds. The van der Waals surface area contributed by atoms with Gasteiger partial charge in [-0.15, -0.1) is 0 Å². The molecule has 1 aliphatic heterocycles. The number of nitrogens with zero attached hydrogens (tertiary/aromatic N) is 2. The van der Waals surface area contributed by atoms with Gasteiger partial charge in [0.25, 0.3) is 0 Å². The third-order valence-corrected chi connectivity index (χ3v) is 4.32. The van der Waals surface area contributed by atoms with Gasteiger partial charge in [0.15, 0.2) is 0 Å². The van der Waals surface area contributed by atoms with Crippen LogP contribution < -0.4 is 5.73 Å². The van der Waals surface area contributed by atoms with E-state index in [1.165, 1.54) is 5.56 Å². The Morgan fingerprint density at radius 3 is 2.89 bits per heavy atom. The fourth-order valence-corrected chi connectivity index (χ4v) is 2.73. The van der Waals surface area contributed by atoms with Gasteiger partial charge >= 0.3 is 0 Å². The minimum Gasteiger partial charge on any atom is -0.379 e. The van der Waals surface area contributed by atoms with E-state index in [0.717, 1.165) is 24.2 Å². The summed E-state index contributed by atoms with van der Waals surface area (Å²) < 4.78 is 7.49. The molecule has 0 radical (unpaired) electrons. The number of imidazole rings is 1. The van der Waals surface area contributed by atoms with Crippen molar-refractivity contribution in [3.05, 3.63) is 30.1 Å². The molecule has 96 valence electrons. The number of rotatable bonds is 3. The van der Waals surface area contributed by atoms with Gasteiger partial charge in [0.05, 0.1) is 30.6 Å². The number of fused-ring (bicyclic) bond motifs is 1. The molecule has 1 aromatic heterocycles. The molecule has 0 saturated carbocycles. The molecule has 2 aromatic rings. The number of aromatic nitrogens is 2. The Morgan fingerprint density at radius 1 is 1.50 bits per heavy atom. The molecule has 2 N–H and O–H groups in total. The van der Waals surface area contributed by atoms with E-state index in [2.05, 4.69) is 30.1 Å². The maximum Gasteiger partial charge on any atom is 0.0955 e. The number of aryl methyl sites for hydroxylation is 1. The van der Waals surface area contributed by atoms with Gasteiger partial charge in [0, 0.05) is 12.5 Å². The first kappa shape index (κ1) is 11.7. The summed E-state index contributed by atoms with van der Waals surface area (Å²) in [4.78, 5) is 4.43. The monoisotopic (exact) mass is 245 g/mol. The zero-order valence-corrected chi connectivity index (χ0v) is 10.9. The molecular formula is C14H19N3O. The highest BCUT2D eigenvalue weighted by molar-refractivity contribution is 5.76. The van der Waals surface area contributed by atoms with Crippen LogP contribution in [0, 0.1) is 5.92 Å². The topological polar surface area (TPSA) is 53.1 Å². The van der Waals surface area contributed by atoms with Crippen molar-refractivity contribution in [3.8, 4) is 0 Å². The number of hydrogen-bond acceptors (Lipinski definition) is 3. The Morgan fingerprint density at radius 2 is 2.28 bits per heavy atom. The van der Waals surface area contributed by atoms with Gasteiger partial charge in [-0.25, -0.2) is 4.98 Å². The third kappa shape index (κ3) is 1.49. The average molecular weight is 245 g/mol. The lowest BCUT2D eigenvalue weighted by Gasteiger charge is -2.46. The summed E-state index contributed by atoms with van der Waals surface area (Å²) in [5.74, 6) is 0.424. The van der Waals surface area contributed by atoms with Crippen molar-refractivity contribution in [2.75, 3.05) is 19.8 Å². The molecular weight excluding hydrogens is 226 g/mol. The summed E-state index contributed by atoms with van der Waals surface area (Å²) in [6.07, 6.45) is 1.85. The Balaban J connectivity index is 2.07. The van der Waals surface area contributed by atoms with Crippen molar-refractivity contribution in [3.63, 3.8) is 0 Å². The highest BCUT2D eigenvalue weighted by Crippen LogP contribution is 2.39. The molecule has 3 rings (SSSR count). The second-order valence-electron chi connectivity index (χ2n) is 5.34. The van der Waals surface area contributed by atoms with Crippen LogP contribution in [-0.4, -0.2) is 29.3 Å². The second kappa shape index (κ2) is 4.07. The number of hydrogen-bond donors (Lipinski definition) is 1. The van der Waals surface area contributed by atoms with E-state index in [1.54, 1.807) is 0 Å². The summed E-state index contributed by atoms with van der Waals surface area (Å²) >= 11 is 0. The predicted octanol–water partition coefficient (Wildman–Crippen LogP) is 1.44. The van der Waals surface area contributed by atoms with Crippen molar-refractivity contribution in [1.29, 1.82) is 0 Å². The van der Waals surface area contributed by atoms with Crippen LogP contribution >= 0.6 is 0 Å². The van der Waals surface area contributed by atoms with Gasteiger partial charge in [-0.3, -0.25) is 0 Å². The summed E-state index contributed by atoms with van der Waals surface area (Å²) in [5, 5.41) is 0. The first-order valence-corrected chi connectivity index (χ1v) is 6.37. The van der Waals surface area contributed by atoms with E-state index in [9.17, 15) is 0 Å².